The minimum Gasteiger partial charge on any atom is -0.497 e. The van der Waals surface area contributed by atoms with E-state index in [1.807, 2.05) is 42.5 Å². The SMILES string of the molecule is COc1ccc(CN[C@@H](Cc2ccccc2)C(=O)O)c(OC)c1. The van der Waals surface area contributed by atoms with Crippen LogP contribution in [0.2, 0.25) is 0 Å². The first-order valence-electron chi connectivity index (χ1n) is 7.35. The topological polar surface area (TPSA) is 67.8 Å². The summed E-state index contributed by atoms with van der Waals surface area (Å²) in [5, 5.41) is 12.5. The summed E-state index contributed by atoms with van der Waals surface area (Å²) in [5.41, 5.74) is 1.86. The molecule has 1 atom stereocenters. The standard InChI is InChI=1S/C18H21NO4/c1-22-15-9-8-14(17(11-15)23-2)12-19-16(18(20)21)10-13-6-4-3-5-7-13/h3-9,11,16,19H,10,12H2,1-2H3,(H,20,21)/t16-/m0/s1. The molecule has 2 aromatic rings. The van der Waals surface area contributed by atoms with Crippen LogP contribution >= 0.6 is 0 Å². The molecule has 0 heterocycles. The molecule has 2 rings (SSSR count). The Kier molecular flexibility index (Phi) is 6.00. The van der Waals surface area contributed by atoms with E-state index in [4.69, 9.17) is 9.47 Å². The second kappa shape index (κ2) is 8.19. The van der Waals surface area contributed by atoms with Gasteiger partial charge in [0.05, 0.1) is 14.2 Å². The first-order valence-corrected chi connectivity index (χ1v) is 7.35. The monoisotopic (exact) mass is 315 g/mol. The highest BCUT2D eigenvalue weighted by Gasteiger charge is 2.18. The molecule has 0 unspecified atom stereocenters. The maximum absolute atomic E-state index is 11.5. The lowest BCUT2D eigenvalue weighted by Gasteiger charge is -2.16. The number of ether oxygens (including phenoxy) is 2. The fourth-order valence-electron chi connectivity index (χ4n) is 2.33. The van der Waals surface area contributed by atoms with Crippen LogP contribution < -0.4 is 14.8 Å². The van der Waals surface area contributed by atoms with Gasteiger partial charge in [-0.15, -0.1) is 0 Å². The van der Waals surface area contributed by atoms with Crippen molar-refractivity contribution in [2.45, 2.75) is 19.0 Å². The second-order valence-corrected chi connectivity index (χ2v) is 5.14. The summed E-state index contributed by atoms with van der Waals surface area (Å²) in [7, 11) is 3.17. The summed E-state index contributed by atoms with van der Waals surface area (Å²) in [6, 6.07) is 14.4. The largest absolute Gasteiger partial charge is 0.497 e. The van der Waals surface area contributed by atoms with Crippen LogP contribution in [0.4, 0.5) is 0 Å². The molecule has 2 aromatic carbocycles. The third kappa shape index (κ3) is 4.72. The normalized spacial score (nSPS) is 11.7. The summed E-state index contributed by atoms with van der Waals surface area (Å²) in [5.74, 6) is 0.492. The Morgan fingerprint density at radius 2 is 1.87 bits per heavy atom. The molecular formula is C18H21NO4. The summed E-state index contributed by atoms with van der Waals surface area (Å²) >= 11 is 0. The van der Waals surface area contributed by atoms with Gasteiger partial charge in [0, 0.05) is 18.2 Å². The zero-order valence-electron chi connectivity index (χ0n) is 13.3. The molecule has 0 aliphatic carbocycles. The lowest BCUT2D eigenvalue weighted by molar-refractivity contribution is -0.139. The molecule has 0 radical (unpaired) electrons. The summed E-state index contributed by atoms with van der Waals surface area (Å²) < 4.78 is 10.5. The third-order valence-corrected chi connectivity index (χ3v) is 3.61. The molecule has 0 fully saturated rings. The molecule has 0 saturated heterocycles. The van der Waals surface area contributed by atoms with Gasteiger partial charge >= 0.3 is 5.97 Å². The van der Waals surface area contributed by atoms with Crippen molar-refractivity contribution in [1.82, 2.24) is 5.32 Å². The molecule has 0 aliphatic rings. The van der Waals surface area contributed by atoms with Gasteiger partial charge in [-0.25, -0.2) is 0 Å². The minimum absolute atomic E-state index is 0.400. The Morgan fingerprint density at radius 1 is 1.13 bits per heavy atom. The molecule has 0 aliphatic heterocycles. The van der Waals surface area contributed by atoms with E-state index in [1.54, 1.807) is 20.3 Å². The summed E-state index contributed by atoms with van der Waals surface area (Å²) in [4.78, 5) is 11.5. The number of rotatable bonds is 8. The van der Waals surface area contributed by atoms with E-state index < -0.39 is 12.0 Å². The molecule has 23 heavy (non-hydrogen) atoms. The molecular weight excluding hydrogens is 294 g/mol. The van der Waals surface area contributed by atoms with Gasteiger partial charge < -0.3 is 14.6 Å². The zero-order valence-corrected chi connectivity index (χ0v) is 13.3. The van der Waals surface area contributed by atoms with Crippen LogP contribution in [-0.2, 0) is 17.8 Å². The van der Waals surface area contributed by atoms with Gasteiger partial charge in [0.1, 0.15) is 17.5 Å². The number of hydrogen-bond acceptors (Lipinski definition) is 4. The fourth-order valence-corrected chi connectivity index (χ4v) is 2.33. The average Bonchev–Trinajstić information content (AvgIpc) is 2.59. The Morgan fingerprint density at radius 3 is 2.48 bits per heavy atom. The first kappa shape index (κ1) is 16.8. The Hall–Kier alpha value is -2.53. The van der Waals surface area contributed by atoms with E-state index in [0.29, 0.717) is 24.5 Å². The van der Waals surface area contributed by atoms with Crippen LogP contribution in [0.15, 0.2) is 48.5 Å². The molecule has 5 nitrogen and oxygen atoms in total. The van der Waals surface area contributed by atoms with Crippen molar-refractivity contribution in [2.24, 2.45) is 0 Å². The number of nitrogens with one attached hydrogen (secondary N) is 1. The van der Waals surface area contributed by atoms with Crippen molar-refractivity contribution in [3.05, 3.63) is 59.7 Å². The van der Waals surface area contributed by atoms with E-state index in [2.05, 4.69) is 5.32 Å². The maximum atomic E-state index is 11.5. The number of benzene rings is 2. The van der Waals surface area contributed by atoms with E-state index >= 15 is 0 Å². The van der Waals surface area contributed by atoms with E-state index in [-0.39, 0.29) is 0 Å². The Balaban J connectivity index is 2.05. The third-order valence-electron chi connectivity index (χ3n) is 3.61. The predicted octanol–water partition coefficient (Wildman–Crippen LogP) is 2.49. The van der Waals surface area contributed by atoms with Gasteiger partial charge in [-0.3, -0.25) is 10.1 Å². The highest BCUT2D eigenvalue weighted by atomic mass is 16.5. The minimum atomic E-state index is -0.874. The molecule has 0 spiro atoms. The zero-order chi connectivity index (χ0) is 16.7. The number of hydrogen-bond donors (Lipinski definition) is 2. The van der Waals surface area contributed by atoms with Crippen molar-refractivity contribution in [2.75, 3.05) is 14.2 Å². The smallest absolute Gasteiger partial charge is 0.321 e. The van der Waals surface area contributed by atoms with Gasteiger partial charge in [-0.1, -0.05) is 36.4 Å². The van der Waals surface area contributed by atoms with E-state index in [0.717, 1.165) is 11.1 Å². The van der Waals surface area contributed by atoms with Gasteiger partial charge in [-0.2, -0.15) is 0 Å². The number of carboxylic acid groups (broad SMARTS) is 1. The van der Waals surface area contributed by atoms with Gasteiger partial charge in [0.25, 0.3) is 0 Å². The fraction of sp³-hybridized carbons (Fsp3) is 0.278. The van der Waals surface area contributed by atoms with Crippen LogP contribution in [0.25, 0.3) is 0 Å². The average molecular weight is 315 g/mol. The van der Waals surface area contributed by atoms with Gasteiger partial charge in [-0.05, 0) is 18.1 Å². The number of aliphatic carboxylic acids is 1. The highest BCUT2D eigenvalue weighted by Crippen LogP contribution is 2.24. The second-order valence-electron chi connectivity index (χ2n) is 5.14. The molecule has 5 heteroatoms. The lowest BCUT2D eigenvalue weighted by atomic mass is 10.1. The molecule has 0 bridgehead atoms. The van der Waals surface area contributed by atoms with Crippen molar-refractivity contribution >= 4 is 5.97 Å². The molecule has 2 N–H and O–H groups in total. The highest BCUT2D eigenvalue weighted by molar-refractivity contribution is 5.74. The van der Waals surface area contributed by atoms with Crippen molar-refractivity contribution in [1.29, 1.82) is 0 Å². The van der Waals surface area contributed by atoms with Crippen LogP contribution in [0.1, 0.15) is 11.1 Å². The van der Waals surface area contributed by atoms with Crippen molar-refractivity contribution in [3.8, 4) is 11.5 Å². The van der Waals surface area contributed by atoms with E-state index in [9.17, 15) is 9.90 Å². The van der Waals surface area contributed by atoms with E-state index in [1.165, 1.54) is 0 Å². The van der Waals surface area contributed by atoms with Crippen molar-refractivity contribution < 1.29 is 19.4 Å². The Labute approximate surface area is 135 Å². The van der Waals surface area contributed by atoms with Crippen molar-refractivity contribution in [3.63, 3.8) is 0 Å². The van der Waals surface area contributed by atoms with Crippen LogP contribution in [0.5, 0.6) is 11.5 Å². The summed E-state index contributed by atoms with van der Waals surface area (Å²) in [6.07, 6.45) is 0.425. The molecule has 122 valence electrons. The number of carboxylic acids is 1. The molecule has 0 aromatic heterocycles. The summed E-state index contributed by atoms with van der Waals surface area (Å²) in [6.45, 7) is 0.400. The molecule has 0 amide bonds. The maximum Gasteiger partial charge on any atom is 0.321 e. The number of carbonyl (C=O) groups is 1. The molecule has 0 saturated carbocycles. The lowest BCUT2D eigenvalue weighted by Crippen LogP contribution is -2.38. The van der Waals surface area contributed by atoms with Crippen LogP contribution in [-0.4, -0.2) is 31.3 Å². The number of methoxy groups -OCH3 is 2. The first-order chi connectivity index (χ1) is 11.1. The van der Waals surface area contributed by atoms with Crippen LogP contribution in [0.3, 0.4) is 0 Å². The predicted molar refractivity (Wildman–Crippen MR) is 88.0 cm³/mol. The van der Waals surface area contributed by atoms with Gasteiger partial charge in [0.15, 0.2) is 0 Å². The van der Waals surface area contributed by atoms with Gasteiger partial charge in [0.2, 0.25) is 0 Å². The van der Waals surface area contributed by atoms with Crippen LogP contribution in [0, 0.1) is 0 Å². The quantitative estimate of drug-likeness (QED) is 0.783. The Bertz CT molecular complexity index is 643.